The van der Waals surface area contributed by atoms with Crippen molar-refractivity contribution in [2.75, 3.05) is 0 Å². The monoisotopic (exact) mass is 273 g/mol. The van der Waals surface area contributed by atoms with Crippen LogP contribution in [0.25, 0.3) is 0 Å². The van der Waals surface area contributed by atoms with Gasteiger partial charge in [-0.25, -0.2) is 4.39 Å². The molecule has 1 aromatic rings. The van der Waals surface area contributed by atoms with Crippen LogP contribution in [0.5, 0.6) is 0 Å². The van der Waals surface area contributed by atoms with Gasteiger partial charge in [0, 0.05) is 5.56 Å². The van der Waals surface area contributed by atoms with Gasteiger partial charge >= 0.3 is 5.97 Å². The summed E-state index contributed by atoms with van der Waals surface area (Å²) in [5, 5.41) is 0.236. The van der Waals surface area contributed by atoms with Gasteiger partial charge in [-0.05, 0) is 18.1 Å². The number of hydrogen-bond donors (Lipinski definition) is 1. The average molecular weight is 274 g/mol. The van der Waals surface area contributed by atoms with Gasteiger partial charge in [-0.1, -0.05) is 37.9 Å². The van der Waals surface area contributed by atoms with Crippen molar-refractivity contribution in [3.63, 3.8) is 0 Å². The lowest BCUT2D eigenvalue weighted by atomic mass is 10.0. The molecule has 0 aromatic heterocycles. The third kappa shape index (κ3) is 3.68. The van der Waals surface area contributed by atoms with Crippen molar-refractivity contribution in [1.82, 2.24) is 0 Å². The van der Waals surface area contributed by atoms with Crippen molar-refractivity contribution >= 4 is 17.6 Å². The fraction of sp³-hybridized carbons (Fsp3) is 0.462. The van der Waals surface area contributed by atoms with E-state index in [1.165, 1.54) is 12.1 Å². The number of halogens is 2. The molecule has 2 N–H and O–H groups in total. The Kier molecular flexibility index (Phi) is 5.56. The minimum atomic E-state index is -0.694. The Morgan fingerprint density at radius 1 is 1.56 bits per heavy atom. The lowest BCUT2D eigenvalue weighted by Gasteiger charge is -2.17. The molecule has 0 aliphatic heterocycles. The van der Waals surface area contributed by atoms with E-state index in [1.807, 2.05) is 13.8 Å². The summed E-state index contributed by atoms with van der Waals surface area (Å²) in [7, 11) is 0. The van der Waals surface area contributed by atoms with Crippen LogP contribution in [0, 0.1) is 11.7 Å². The second kappa shape index (κ2) is 6.71. The molecular formula is C13H17ClFNO2. The molecule has 2 unspecified atom stereocenters. The maximum Gasteiger partial charge on any atom is 0.323 e. The quantitative estimate of drug-likeness (QED) is 0.839. The molecule has 100 valence electrons. The van der Waals surface area contributed by atoms with Crippen LogP contribution in [0.2, 0.25) is 5.02 Å². The van der Waals surface area contributed by atoms with E-state index in [9.17, 15) is 9.18 Å². The van der Waals surface area contributed by atoms with Crippen molar-refractivity contribution in [1.29, 1.82) is 0 Å². The Morgan fingerprint density at radius 3 is 2.78 bits per heavy atom. The summed E-state index contributed by atoms with van der Waals surface area (Å²) < 4.78 is 18.4. The molecule has 3 nitrogen and oxygen atoms in total. The minimum Gasteiger partial charge on any atom is -0.459 e. The van der Waals surface area contributed by atoms with Crippen LogP contribution in [0.3, 0.4) is 0 Å². The number of rotatable bonds is 5. The van der Waals surface area contributed by atoms with Crippen LogP contribution in [0.1, 0.15) is 25.8 Å². The molecule has 0 amide bonds. The highest BCUT2D eigenvalue weighted by atomic mass is 35.5. The third-order valence-corrected chi connectivity index (χ3v) is 3.30. The standard InChI is InChI=1S/C13H17ClFNO2/c1-3-8(2)12(16)13(17)18-7-9-10(14)5-4-6-11(9)15/h4-6,8,12H,3,7,16H2,1-2H3. The molecule has 0 radical (unpaired) electrons. The lowest BCUT2D eigenvalue weighted by Crippen LogP contribution is -2.37. The minimum absolute atomic E-state index is 0.0218. The summed E-state index contributed by atoms with van der Waals surface area (Å²) in [5.74, 6) is -1.01. The highest BCUT2D eigenvalue weighted by molar-refractivity contribution is 6.31. The summed E-state index contributed by atoms with van der Waals surface area (Å²) in [6.07, 6.45) is 0.775. The van der Waals surface area contributed by atoms with Crippen LogP contribution in [0.4, 0.5) is 4.39 Å². The van der Waals surface area contributed by atoms with Crippen LogP contribution in [-0.2, 0) is 16.1 Å². The second-order valence-electron chi connectivity index (χ2n) is 4.22. The molecule has 0 saturated heterocycles. The maximum atomic E-state index is 13.4. The van der Waals surface area contributed by atoms with Crippen molar-refractivity contribution in [2.45, 2.75) is 32.9 Å². The largest absolute Gasteiger partial charge is 0.459 e. The van der Waals surface area contributed by atoms with Crippen molar-refractivity contribution in [3.8, 4) is 0 Å². The van der Waals surface area contributed by atoms with Gasteiger partial charge in [0.05, 0.1) is 5.02 Å². The van der Waals surface area contributed by atoms with Crippen molar-refractivity contribution < 1.29 is 13.9 Å². The van der Waals surface area contributed by atoms with E-state index in [2.05, 4.69) is 0 Å². The Labute approximate surface area is 111 Å². The van der Waals surface area contributed by atoms with Gasteiger partial charge in [-0.3, -0.25) is 4.79 Å². The van der Waals surface area contributed by atoms with Crippen LogP contribution >= 0.6 is 11.6 Å². The number of hydrogen-bond acceptors (Lipinski definition) is 3. The van der Waals surface area contributed by atoms with E-state index in [4.69, 9.17) is 22.1 Å². The summed E-state index contributed by atoms with van der Waals surface area (Å²) in [4.78, 5) is 11.6. The highest BCUT2D eigenvalue weighted by Gasteiger charge is 2.21. The molecule has 0 spiro atoms. The Morgan fingerprint density at radius 2 is 2.22 bits per heavy atom. The molecule has 2 atom stereocenters. The molecular weight excluding hydrogens is 257 g/mol. The molecule has 0 aliphatic rings. The zero-order valence-electron chi connectivity index (χ0n) is 10.5. The number of nitrogens with two attached hydrogens (primary N) is 1. The molecule has 1 aromatic carbocycles. The first-order valence-corrected chi connectivity index (χ1v) is 6.20. The molecule has 0 saturated carbocycles. The number of carbonyl (C=O) groups is 1. The van der Waals surface area contributed by atoms with E-state index in [0.29, 0.717) is 0 Å². The van der Waals surface area contributed by atoms with Crippen molar-refractivity contribution in [3.05, 3.63) is 34.6 Å². The maximum absolute atomic E-state index is 13.4. The topological polar surface area (TPSA) is 52.3 Å². The van der Waals surface area contributed by atoms with Crippen LogP contribution < -0.4 is 5.73 Å². The van der Waals surface area contributed by atoms with Gasteiger partial charge in [0.1, 0.15) is 18.5 Å². The zero-order valence-corrected chi connectivity index (χ0v) is 11.2. The SMILES string of the molecule is CCC(C)C(N)C(=O)OCc1c(F)cccc1Cl. The molecule has 5 heteroatoms. The van der Waals surface area contributed by atoms with Gasteiger partial charge in [0.2, 0.25) is 0 Å². The van der Waals surface area contributed by atoms with E-state index in [0.717, 1.165) is 6.42 Å². The zero-order chi connectivity index (χ0) is 13.7. The van der Waals surface area contributed by atoms with Crippen LogP contribution in [0.15, 0.2) is 18.2 Å². The smallest absolute Gasteiger partial charge is 0.323 e. The van der Waals surface area contributed by atoms with Crippen molar-refractivity contribution in [2.24, 2.45) is 11.7 Å². The first-order chi connectivity index (χ1) is 8.47. The van der Waals surface area contributed by atoms with Gasteiger partial charge in [-0.15, -0.1) is 0 Å². The molecule has 0 bridgehead atoms. The molecule has 18 heavy (non-hydrogen) atoms. The summed E-state index contributed by atoms with van der Waals surface area (Å²) in [5.41, 5.74) is 5.88. The number of benzene rings is 1. The fourth-order valence-electron chi connectivity index (χ4n) is 1.40. The van der Waals surface area contributed by atoms with Gasteiger partial charge in [-0.2, -0.15) is 0 Å². The Balaban J connectivity index is 2.63. The van der Waals surface area contributed by atoms with Gasteiger partial charge < -0.3 is 10.5 Å². The Bertz CT molecular complexity index is 405. The molecule has 0 aliphatic carbocycles. The van der Waals surface area contributed by atoms with Gasteiger partial charge in [0.25, 0.3) is 0 Å². The summed E-state index contributed by atoms with van der Waals surface area (Å²) >= 11 is 5.82. The fourth-order valence-corrected chi connectivity index (χ4v) is 1.61. The highest BCUT2D eigenvalue weighted by Crippen LogP contribution is 2.20. The lowest BCUT2D eigenvalue weighted by molar-refractivity contribution is -0.147. The molecule has 0 fully saturated rings. The number of ether oxygens (including phenoxy) is 1. The number of carbonyl (C=O) groups excluding carboxylic acids is 1. The average Bonchev–Trinajstić information content (AvgIpc) is 2.36. The summed E-state index contributed by atoms with van der Waals surface area (Å²) in [6, 6.07) is 3.61. The normalized spacial score (nSPS) is 14.1. The van der Waals surface area contributed by atoms with E-state index in [-0.39, 0.29) is 23.1 Å². The van der Waals surface area contributed by atoms with Crippen LogP contribution in [-0.4, -0.2) is 12.0 Å². The summed E-state index contributed by atoms with van der Waals surface area (Å²) in [6.45, 7) is 3.60. The first kappa shape index (κ1) is 14.9. The molecule has 1 rings (SSSR count). The molecule has 0 heterocycles. The Hall–Kier alpha value is -1.13. The van der Waals surface area contributed by atoms with E-state index >= 15 is 0 Å². The van der Waals surface area contributed by atoms with E-state index in [1.54, 1.807) is 6.07 Å². The predicted molar refractivity (Wildman–Crippen MR) is 68.6 cm³/mol. The number of esters is 1. The second-order valence-corrected chi connectivity index (χ2v) is 4.63. The predicted octanol–water partition coefficient (Wildman–Crippen LogP) is 2.90. The van der Waals surface area contributed by atoms with Gasteiger partial charge in [0.15, 0.2) is 0 Å². The first-order valence-electron chi connectivity index (χ1n) is 5.82. The van der Waals surface area contributed by atoms with E-state index < -0.39 is 17.8 Å². The third-order valence-electron chi connectivity index (χ3n) is 2.95.